The van der Waals surface area contributed by atoms with E-state index in [-0.39, 0.29) is 19.0 Å². The van der Waals surface area contributed by atoms with Crippen molar-refractivity contribution in [3.05, 3.63) is 12.2 Å². The molecule has 0 aromatic rings. The van der Waals surface area contributed by atoms with Crippen molar-refractivity contribution in [3.8, 4) is 0 Å². The van der Waals surface area contributed by atoms with Crippen molar-refractivity contribution < 1.29 is 24.2 Å². The maximum Gasteiger partial charge on any atom is 0.312 e. The number of aliphatic hydroxyl groups excluding tert-OH is 1. The molecule has 0 saturated carbocycles. The van der Waals surface area contributed by atoms with Gasteiger partial charge in [-0.1, -0.05) is 12.2 Å². The molecule has 0 amide bonds. The zero-order chi connectivity index (χ0) is 18.5. The highest BCUT2D eigenvalue weighted by Crippen LogP contribution is 2.36. The lowest BCUT2D eigenvalue weighted by molar-refractivity contribution is -0.170. The number of rotatable bonds is 7. The largest absolute Gasteiger partial charge is 0.462 e. The molecule has 0 bridgehead atoms. The van der Waals surface area contributed by atoms with Gasteiger partial charge in [-0.3, -0.25) is 9.59 Å². The highest BCUT2D eigenvalue weighted by molar-refractivity contribution is 5.80. The van der Waals surface area contributed by atoms with Crippen LogP contribution in [0.5, 0.6) is 0 Å². The van der Waals surface area contributed by atoms with Gasteiger partial charge >= 0.3 is 11.9 Å². The fourth-order valence-corrected chi connectivity index (χ4v) is 2.30. The highest BCUT2D eigenvalue weighted by atomic mass is 16.6. The third-order valence-electron chi connectivity index (χ3n) is 3.19. The van der Waals surface area contributed by atoms with Gasteiger partial charge in [-0.15, -0.1) is 0 Å². The zero-order valence-corrected chi connectivity index (χ0v) is 15.7. The van der Waals surface area contributed by atoms with Gasteiger partial charge in [0.2, 0.25) is 0 Å². The SMILES string of the molecule is C/C=C/[C@H](O)COC(=O)C(C)(C)CC(C)(C)C(=O)OC(C)(C)C. The molecule has 0 aliphatic rings. The molecule has 23 heavy (non-hydrogen) atoms. The van der Waals surface area contributed by atoms with Crippen molar-refractivity contribution in [2.24, 2.45) is 10.8 Å². The van der Waals surface area contributed by atoms with Crippen molar-refractivity contribution >= 4 is 11.9 Å². The van der Waals surface area contributed by atoms with E-state index in [1.807, 2.05) is 20.8 Å². The van der Waals surface area contributed by atoms with Gasteiger partial charge in [-0.25, -0.2) is 0 Å². The number of hydrogen-bond acceptors (Lipinski definition) is 5. The Morgan fingerprint density at radius 3 is 1.91 bits per heavy atom. The first kappa shape index (κ1) is 21.6. The van der Waals surface area contributed by atoms with Gasteiger partial charge in [0.25, 0.3) is 0 Å². The molecule has 0 fully saturated rings. The Morgan fingerprint density at radius 2 is 1.48 bits per heavy atom. The van der Waals surface area contributed by atoms with Gasteiger partial charge in [-0.05, 0) is 61.8 Å². The first-order chi connectivity index (χ1) is 10.2. The summed E-state index contributed by atoms with van der Waals surface area (Å²) in [5.74, 6) is -0.794. The minimum Gasteiger partial charge on any atom is -0.462 e. The standard InChI is InChI=1S/C18H32O5/c1-9-10-13(19)11-22-14(20)17(5,6)12-18(7,8)15(21)23-16(2,3)4/h9-10,13,19H,11-12H2,1-8H3/b10-9+/t13-/m0/s1. The molecule has 0 aliphatic carbocycles. The van der Waals surface area contributed by atoms with Crippen LogP contribution in [0.4, 0.5) is 0 Å². The molecule has 0 unspecified atom stereocenters. The Kier molecular flexibility index (Phi) is 7.48. The fourth-order valence-electron chi connectivity index (χ4n) is 2.30. The molecule has 0 heterocycles. The molecule has 1 N–H and O–H groups in total. The monoisotopic (exact) mass is 328 g/mol. The van der Waals surface area contributed by atoms with Gasteiger partial charge < -0.3 is 14.6 Å². The molecule has 0 rings (SSSR count). The molecule has 0 radical (unpaired) electrons. The Balaban J connectivity index is 4.81. The van der Waals surface area contributed by atoms with Gasteiger partial charge in [-0.2, -0.15) is 0 Å². The van der Waals surface area contributed by atoms with E-state index in [0.717, 1.165) is 0 Å². The lowest BCUT2D eigenvalue weighted by Gasteiger charge is -2.34. The Bertz CT molecular complexity index is 441. The average Bonchev–Trinajstić information content (AvgIpc) is 2.32. The number of ether oxygens (including phenoxy) is 2. The molecule has 0 aromatic carbocycles. The maximum absolute atomic E-state index is 12.3. The average molecular weight is 328 g/mol. The summed E-state index contributed by atoms with van der Waals surface area (Å²) in [6.07, 6.45) is 2.70. The molecule has 5 nitrogen and oxygen atoms in total. The second-order valence-corrected chi connectivity index (χ2v) is 8.14. The van der Waals surface area contributed by atoms with Crippen LogP contribution < -0.4 is 0 Å². The number of allylic oxidation sites excluding steroid dienone is 1. The number of aliphatic hydroxyl groups is 1. The van der Waals surface area contributed by atoms with Crippen LogP contribution in [-0.4, -0.2) is 35.4 Å². The summed E-state index contributed by atoms with van der Waals surface area (Å²) in [4.78, 5) is 24.6. The Labute approximate surface area is 140 Å². The van der Waals surface area contributed by atoms with E-state index in [2.05, 4.69) is 0 Å². The second-order valence-electron chi connectivity index (χ2n) is 8.14. The molecular formula is C18H32O5. The van der Waals surface area contributed by atoms with Gasteiger partial charge in [0.05, 0.1) is 10.8 Å². The second kappa shape index (κ2) is 7.95. The molecule has 1 atom stereocenters. The van der Waals surface area contributed by atoms with E-state index in [9.17, 15) is 14.7 Å². The molecule has 0 saturated heterocycles. The van der Waals surface area contributed by atoms with Crippen LogP contribution in [0.1, 0.15) is 61.8 Å². The zero-order valence-electron chi connectivity index (χ0n) is 15.7. The third-order valence-corrected chi connectivity index (χ3v) is 3.19. The van der Waals surface area contributed by atoms with Gasteiger partial charge in [0.15, 0.2) is 0 Å². The third kappa shape index (κ3) is 8.16. The summed E-state index contributed by atoms with van der Waals surface area (Å²) in [5, 5.41) is 9.57. The van der Waals surface area contributed by atoms with Crippen LogP contribution in [0.3, 0.4) is 0 Å². The van der Waals surface area contributed by atoms with Crippen molar-refractivity contribution in [1.29, 1.82) is 0 Å². The minimum atomic E-state index is -0.865. The van der Waals surface area contributed by atoms with Gasteiger partial charge in [0.1, 0.15) is 18.3 Å². The summed E-state index contributed by atoms with van der Waals surface area (Å²) in [6, 6.07) is 0. The smallest absolute Gasteiger partial charge is 0.312 e. The van der Waals surface area contributed by atoms with Crippen LogP contribution in [0, 0.1) is 10.8 Å². The van der Waals surface area contributed by atoms with Crippen molar-refractivity contribution in [3.63, 3.8) is 0 Å². The minimum absolute atomic E-state index is 0.0977. The van der Waals surface area contributed by atoms with Crippen LogP contribution in [-0.2, 0) is 19.1 Å². The Hall–Kier alpha value is -1.36. The van der Waals surface area contributed by atoms with E-state index in [1.54, 1.807) is 46.8 Å². The highest BCUT2D eigenvalue weighted by Gasteiger charge is 2.42. The summed E-state index contributed by atoms with van der Waals surface area (Å²) >= 11 is 0. The fraction of sp³-hybridized carbons (Fsp3) is 0.778. The maximum atomic E-state index is 12.3. The number of hydrogen-bond donors (Lipinski definition) is 1. The van der Waals surface area contributed by atoms with Crippen molar-refractivity contribution in [2.75, 3.05) is 6.61 Å². The van der Waals surface area contributed by atoms with Crippen LogP contribution in [0.15, 0.2) is 12.2 Å². The van der Waals surface area contributed by atoms with Crippen LogP contribution in [0.25, 0.3) is 0 Å². The van der Waals surface area contributed by atoms with Gasteiger partial charge in [0, 0.05) is 0 Å². The van der Waals surface area contributed by atoms with E-state index >= 15 is 0 Å². The first-order valence-electron chi connectivity index (χ1n) is 7.93. The number of carbonyl (C=O) groups excluding carboxylic acids is 2. The molecule has 0 spiro atoms. The molecular weight excluding hydrogens is 296 g/mol. The predicted octanol–water partition coefficient (Wildman–Crippen LogP) is 3.25. The Morgan fingerprint density at radius 1 is 1.00 bits per heavy atom. The van der Waals surface area contributed by atoms with Crippen LogP contribution >= 0.6 is 0 Å². The molecule has 5 heteroatoms. The summed E-state index contributed by atoms with van der Waals surface area (Å²) < 4.78 is 10.6. The summed E-state index contributed by atoms with van der Waals surface area (Å²) in [6.45, 7) is 14.1. The summed E-state index contributed by atoms with van der Waals surface area (Å²) in [7, 11) is 0. The number of esters is 2. The van der Waals surface area contributed by atoms with Crippen LogP contribution in [0.2, 0.25) is 0 Å². The first-order valence-corrected chi connectivity index (χ1v) is 7.93. The topological polar surface area (TPSA) is 72.8 Å². The quantitative estimate of drug-likeness (QED) is 0.573. The van der Waals surface area contributed by atoms with E-state index < -0.39 is 28.5 Å². The molecule has 0 aromatic heterocycles. The summed E-state index contributed by atoms with van der Waals surface area (Å²) in [5.41, 5.74) is -2.26. The normalized spacial score (nSPS) is 14.7. The molecule has 134 valence electrons. The van der Waals surface area contributed by atoms with E-state index in [4.69, 9.17) is 9.47 Å². The predicted molar refractivity (Wildman–Crippen MR) is 89.8 cm³/mol. The lowest BCUT2D eigenvalue weighted by atomic mass is 9.75. The number of carbonyl (C=O) groups is 2. The lowest BCUT2D eigenvalue weighted by Crippen LogP contribution is -2.40. The van der Waals surface area contributed by atoms with Crippen molar-refractivity contribution in [1.82, 2.24) is 0 Å². The van der Waals surface area contributed by atoms with E-state index in [0.29, 0.717) is 0 Å². The van der Waals surface area contributed by atoms with E-state index in [1.165, 1.54) is 0 Å². The molecule has 0 aliphatic heterocycles. The van der Waals surface area contributed by atoms with Crippen molar-refractivity contribution in [2.45, 2.75) is 73.5 Å².